The molecule has 0 aromatic heterocycles. The van der Waals surface area contributed by atoms with Crippen LogP contribution in [0.3, 0.4) is 0 Å². The van der Waals surface area contributed by atoms with Crippen LogP contribution in [0.15, 0.2) is 0 Å². The summed E-state index contributed by atoms with van der Waals surface area (Å²) in [6.07, 6.45) is 0.931. The molecule has 0 bridgehead atoms. The standard InChI is InChI=1S/C10H20N2O5/c1-11-9(3-7-17-15)10(14)12-4-8-16-6-2-5-13/h7,9,11,13H,2-6,8H2,1H3,(H-,12,14,15)/p+2. The lowest BCUT2D eigenvalue weighted by atomic mass is 10.2. The highest BCUT2D eigenvalue weighted by molar-refractivity contribution is 5.81. The number of hydrogen-bond acceptors (Lipinski definition) is 5. The van der Waals surface area contributed by atoms with Crippen molar-refractivity contribution in [1.82, 2.24) is 10.6 Å². The third kappa shape index (κ3) is 8.90. The number of likely N-dealkylation sites (N-methyl/N-ethyl adjacent to an activating group) is 1. The van der Waals surface area contributed by atoms with Gasteiger partial charge in [0.25, 0.3) is 0 Å². The Morgan fingerprint density at radius 1 is 1.53 bits per heavy atom. The molecule has 0 heterocycles. The van der Waals surface area contributed by atoms with Crippen molar-refractivity contribution >= 4 is 5.91 Å². The maximum absolute atomic E-state index is 11.6. The quantitative estimate of drug-likeness (QED) is 0.133. The number of carbonyl (C=O) groups is 1. The molecule has 0 rings (SSSR count). The summed E-state index contributed by atoms with van der Waals surface area (Å²) in [4.78, 5) is 15.6. The number of hydrogen-bond donors (Lipinski definition) is 3. The van der Waals surface area contributed by atoms with Crippen molar-refractivity contribution in [3.63, 3.8) is 0 Å². The third-order valence-electron chi connectivity index (χ3n) is 2.07. The van der Waals surface area contributed by atoms with E-state index in [1.807, 2.05) is 0 Å². The van der Waals surface area contributed by atoms with Crippen LogP contribution >= 0.6 is 0 Å². The van der Waals surface area contributed by atoms with E-state index in [1.54, 1.807) is 7.05 Å². The summed E-state index contributed by atoms with van der Waals surface area (Å²) in [5.74, 6) is -0.161. The van der Waals surface area contributed by atoms with E-state index in [1.165, 1.54) is 6.61 Å². The number of aliphatic hydroxyl groups excluding tert-OH is 1. The number of ether oxygens (including phenoxy) is 1. The average molecular weight is 250 g/mol. The summed E-state index contributed by atoms with van der Waals surface area (Å²) in [7, 11) is 1.67. The number of rotatable bonds is 11. The van der Waals surface area contributed by atoms with Crippen molar-refractivity contribution in [2.75, 3.05) is 33.4 Å². The number of aliphatic hydroxyl groups is 1. The number of amides is 1. The van der Waals surface area contributed by atoms with Gasteiger partial charge in [0.05, 0.1) is 11.5 Å². The molecule has 5 N–H and O–H groups in total. The fourth-order valence-electron chi connectivity index (χ4n) is 1.14. The molecule has 0 spiro atoms. The van der Waals surface area contributed by atoms with Gasteiger partial charge < -0.3 is 20.5 Å². The molecule has 7 heteroatoms. The lowest BCUT2D eigenvalue weighted by molar-refractivity contribution is -0.212. The molecule has 0 saturated heterocycles. The van der Waals surface area contributed by atoms with Crippen LogP contribution in [0.1, 0.15) is 12.8 Å². The molecule has 1 amide bonds. The predicted molar refractivity (Wildman–Crippen MR) is 62.0 cm³/mol. The van der Waals surface area contributed by atoms with Gasteiger partial charge in [-0.1, -0.05) is 0 Å². The first-order valence-electron chi connectivity index (χ1n) is 5.53. The lowest BCUT2D eigenvalue weighted by Crippen LogP contribution is -2.43. The second-order valence-electron chi connectivity index (χ2n) is 3.34. The summed E-state index contributed by atoms with van der Waals surface area (Å²) in [5, 5.41) is 20.5. The Kier molecular flexibility index (Phi) is 11.0. The van der Waals surface area contributed by atoms with Gasteiger partial charge in [-0.15, -0.1) is 0 Å². The lowest BCUT2D eigenvalue weighted by Gasteiger charge is -2.11. The number of carbonyl (C=O) groups excluding carboxylic acids is 1. The van der Waals surface area contributed by atoms with Crippen molar-refractivity contribution < 1.29 is 24.8 Å². The Bertz CT molecular complexity index is 192. The van der Waals surface area contributed by atoms with Crippen molar-refractivity contribution in [3.05, 3.63) is 6.61 Å². The molecule has 17 heavy (non-hydrogen) atoms. The van der Waals surface area contributed by atoms with E-state index in [0.29, 0.717) is 32.6 Å². The highest BCUT2D eigenvalue weighted by Crippen LogP contribution is 1.95. The van der Waals surface area contributed by atoms with Gasteiger partial charge >= 0.3 is 6.61 Å². The van der Waals surface area contributed by atoms with Crippen molar-refractivity contribution in [3.8, 4) is 0 Å². The molecule has 100 valence electrons. The Morgan fingerprint density at radius 3 is 2.88 bits per heavy atom. The second kappa shape index (κ2) is 11.6. The minimum atomic E-state index is -0.405. The van der Waals surface area contributed by atoms with Crippen LogP contribution in [0.25, 0.3) is 0 Å². The zero-order valence-corrected chi connectivity index (χ0v) is 10.1. The van der Waals surface area contributed by atoms with Crippen molar-refractivity contribution in [2.45, 2.75) is 18.9 Å². The van der Waals surface area contributed by atoms with Crippen molar-refractivity contribution in [2.24, 2.45) is 0 Å². The first kappa shape index (κ1) is 16.1. The molecule has 0 aliphatic rings. The van der Waals surface area contributed by atoms with Gasteiger partial charge in [0.15, 0.2) is 6.42 Å². The molecule has 1 unspecified atom stereocenters. The Morgan fingerprint density at radius 2 is 2.29 bits per heavy atom. The maximum Gasteiger partial charge on any atom is 0.320 e. The van der Waals surface area contributed by atoms with E-state index in [0.717, 1.165) is 0 Å². The molecular weight excluding hydrogens is 228 g/mol. The van der Waals surface area contributed by atoms with Gasteiger partial charge in [0, 0.05) is 19.8 Å². The van der Waals surface area contributed by atoms with Gasteiger partial charge in [0.2, 0.25) is 5.91 Å². The normalized spacial score (nSPS) is 12.2. The average Bonchev–Trinajstić information content (AvgIpc) is 2.34. The smallest absolute Gasteiger partial charge is 0.320 e. The van der Waals surface area contributed by atoms with Crippen LogP contribution in [-0.4, -0.2) is 55.7 Å². The zero-order chi connectivity index (χ0) is 12.9. The summed E-state index contributed by atoms with van der Waals surface area (Å²) >= 11 is 0. The molecule has 0 saturated carbocycles. The highest BCUT2D eigenvalue weighted by Gasteiger charge is 2.21. The fraction of sp³-hybridized carbons (Fsp3) is 0.800. The number of nitrogens with one attached hydrogen (secondary N) is 2. The van der Waals surface area contributed by atoms with Gasteiger partial charge in [-0.3, -0.25) is 4.79 Å². The SMILES string of the molecule is CNC(C[CH+]O[OH2+])C(=O)NCCOCCCO. The van der Waals surface area contributed by atoms with Crippen LogP contribution in [0.5, 0.6) is 0 Å². The third-order valence-corrected chi connectivity index (χ3v) is 2.07. The molecule has 0 radical (unpaired) electrons. The van der Waals surface area contributed by atoms with E-state index < -0.39 is 6.04 Å². The van der Waals surface area contributed by atoms with Crippen LogP contribution in [-0.2, 0) is 14.4 Å². The monoisotopic (exact) mass is 250 g/mol. The molecule has 0 aliphatic heterocycles. The van der Waals surface area contributed by atoms with E-state index in [4.69, 9.17) is 15.1 Å². The van der Waals surface area contributed by atoms with Crippen LogP contribution < -0.4 is 10.6 Å². The molecule has 0 aromatic carbocycles. The molecule has 7 nitrogen and oxygen atoms in total. The van der Waals surface area contributed by atoms with Gasteiger partial charge in [-0.25, -0.2) is 5.26 Å². The Hall–Kier alpha value is -0.860. The molecule has 1 atom stereocenters. The Balaban J connectivity index is 3.54. The topological polar surface area (TPSA) is 103 Å². The van der Waals surface area contributed by atoms with E-state index >= 15 is 0 Å². The summed E-state index contributed by atoms with van der Waals surface area (Å²) < 4.78 is 5.16. The minimum Gasteiger partial charge on any atom is -0.396 e. The van der Waals surface area contributed by atoms with Crippen molar-refractivity contribution in [1.29, 1.82) is 0 Å². The predicted octanol–water partition coefficient (Wildman–Crippen LogP) is -1.70. The summed E-state index contributed by atoms with van der Waals surface area (Å²) in [5.41, 5.74) is 0. The van der Waals surface area contributed by atoms with Gasteiger partial charge in [-0.2, -0.15) is 0 Å². The van der Waals surface area contributed by atoms with E-state index in [2.05, 4.69) is 15.5 Å². The van der Waals surface area contributed by atoms with E-state index in [-0.39, 0.29) is 12.5 Å². The largest absolute Gasteiger partial charge is 0.396 e. The minimum absolute atomic E-state index is 0.108. The zero-order valence-electron chi connectivity index (χ0n) is 10.1. The van der Waals surface area contributed by atoms with Gasteiger partial charge in [0.1, 0.15) is 6.04 Å². The van der Waals surface area contributed by atoms with Gasteiger partial charge in [-0.05, 0) is 13.5 Å². The second-order valence-corrected chi connectivity index (χ2v) is 3.34. The molecule has 0 aliphatic carbocycles. The molecule has 0 aromatic rings. The van der Waals surface area contributed by atoms with Crippen LogP contribution in [0.2, 0.25) is 0 Å². The first-order valence-corrected chi connectivity index (χ1v) is 5.53. The summed E-state index contributed by atoms with van der Waals surface area (Å²) in [6.45, 7) is 2.68. The molecule has 0 fully saturated rings. The van der Waals surface area contributed by atoms with Crippen LogP contribution in [0, 0.1) is 6.61 Å². The van der Waals surface area contributed by atoms with E-state index in [9.17, 15) is 4.79 Å². The maximum atomic E-state index is 11.6. The first-order chi connectivity index (χ1) is 8.26. The summed E-state index contributed by atoms with van der Waals surface area (Å²) in [6, 6.07) is -0.405. The fourth-order valence-corrected chi connectivity index (χ4v) is 1.14. The highest BCUT2D eigenvalue weighted by atomic mass is 17.1. The molecular formula is C10H22N2O5+2. The Labute approximate surface area is 101 Å². The van der Waals surface area contributed by atoms with Crippen LogP contribution in [0.4, 0.5) is 0 Å².